The van der Waals surface area contributed by atoms with Gasteiger partial charge in [0.1, 0.15) is 6.67 Å². The molecule has 0 spiro atoms. The number of carbonyl (C=O) groups is 1. The Bertz CT molecular complexity index is 446. The van der Waals surface area contributed by atoms with Gasteiger partial charge in [-0.2, -0.15) is 0 Å². The van der Waals surface area contributed by atoms with Gasteiger partial charge in [0.05, 0.1) is 13.2 Å². The number of aliphatic imine (C=N–C) groups is 1. The van der Waals surface area contributed by atoms with E-state index in [4.69, 9.17) is 0 Å². The Labute approximate surface area is 97.9 Å². The second-order valence-corrected chi connectivity index (χ2v) is 4.80. The number of fused-ring (bicyclic) bond motifs is 1. The number of para-hydroxylation sites is 1. The smallest absolute Gasteiger partial charge is 0.215 e. The van der Waals surface area contributed by atoms with Crippen molar-refractivity contribution < 1.29 is 4.79 Å². The summed E-state index contributed by atoms with van der Waals surface area (Å²) >= 11 is 1.26. The van der Waals surface area contributed by atoms with Gasteiger partial charge in [0, 0.05) is 5.69 Å². The van der Waals surface area contributed by atoms with Crippen molar-refractivity contribution in [1.29, 1.82) is 0 Å². The first-order chi connectivity index (χ1) is 7.83. The molecule has 1 saturated heterocycles. The van der Waals surface area contributed by atoms with E-state index < -0.39 is 0 Å². The maximum Gasteiger partial charge on any atom is 0.215 e. The van der Waals surface area contributed by atoms with Gasteiger partial charge in [-0.25, -0.2) is 4.99 Å². The summed E-state index contributed by atoms with van der Waals surface area (Å²) in [5, 5.41) is 1.06. The van der Waals surface area contributed by atoms with E-state index in [0.29, 0.717) is 13.2 Å². The number of hydrogen-bond acceptors (Lipinski definition) is 5. The van der Waals surface area contributed by atoms with E-state index >= 15 is 0 Å². The van der Waals surface area contributed by atoms with E-state index in [1.165, 1.54) is 11.8 Å². The molecule has 0 bridgehead atoms. The third-order valence-electron chi connectivity index (χ3n) is 2.64. The SMILES string of the molecule is O=C1CN2CN(c3ccccc3)CN=C2S1. The van der Waals surface area contributed by atoms with Crippen LogP contribution in [0.5, 0.6) is 0 Å². The average molecular weight is 233 g/mol. The van der Waals surface area contributed by atoms with Gasteiger partial charge in [0.25, 0.3) is 0 Å². The van der Waals surface area contributed by atoms with Crippen molar-refractivity contribution in [1.82, 2.24) is 4.90 Å². The van der Waals surface area contributed by atoms with Crippen LogP contribution in [0.3, 0.4) is 0 Å². The first-order valence-electron chi connectivity index (χ1n) is 5.13. The van der Waals surface area contributed by atoms with Crippen LogP contribution < -0.4 is 4.90 Å². The number of benzene rings is 1. The normalized spacial score (nSPS) is 19.8. The van der Waals surface area contributed by atoms with E-state index in [1.807, 2.05) is 23.1 Å². The van der Waals surface area contributed by atoms with Crippen LogP contribution in [0, 0.1) is 0 Å². The zero-order valence-corrected chi connectivity index (χ0v) is 9.48. The second kappa shape index (κ2) is 3.83. The molecule has 0 amide bonds. The Kier molecular flexibility index (Phi) is 2.32. The maximum atomic E-state index is 11.3. The van der Waals surface area contributed by atoms with Crippen molar-refractivity contribution in [2.75, 3.05) is 24.8 Å². The Hall–Kier alpha value is -1.49. The van der Waals surface area contributed by atoms with Crippen LogP contribution in [0.15, 0.2) is 35.3 Å². The van der Waals surface area contributed by atoms with Crippen LogP contribution in [0.1, 0.15) is 0 Å². The molecule has 2 heterocycles. The van der Waals surface area contributed by atoms with Crippen LogP contribution in [0.25, 0.3) is 0 Å². The number of rotatable bonds is 1. The van der Waals surface area contributed by atoms with Gasteiger partial charge in [0.15, 0.2) is 5.17 Å². The summed E-state index contributed by atoms with van der Waals surface area (Å²) in [4.78, 5) is 19.9. The molecule has 82 valence electrons. The average Bonchev–Trinajstić information content (AvgIpc) is 2.69. The van der Waals surface area contributed by atoms with Gasteiger partial charge >= 0.3 is 0 Å². The minimum atomic E-state index is 0.189. The lowest BCUT2D eigenvalue weighted by atomic mass is 10.3. The van der Waals surface area contributed by atoms with Crippen molar-refractivity contribution in [3.63, 3.8) is 0 Å². The lowest BCUT2D eigenvalue weighted by Gasteiger charge is -2.32. The lowest BCUT2D eigenvalue weighted by Crippen LogP contribution is -2.43. The highest BCUT2D eigenvalue weighted by atomic mass is 32.2. The van der Waals surface area contributed by atoms with Gasteiger partial charge in [-0.1, -0.05) is 18.2 Å². The number of amidine groups is 1. The molecule has 0 aromatic heterocycles. The summed E-state index contributed by atoms with van der Waals surface area (Å²) in [5.74, 6) is 0. The predicted octanol–water partition coefficient (Wildman–Crippen LogP) is 1.35. The molecule has 1 fully saturated rings. The Morgan fingerprint density at radius 1 is 1.19 bits per heavy atom. The fourth-order valence-corrected chi connectivity index (χ4v) is 2.66. The summed E-state index contributed by atoms with van der Waals surface area (Å²) in [7, 11) is 0. The second-order valence-electron chi connectivity index (χ2n) is 3.77. The minimum absolute atomic E-state index is 0.189. The van der Waals surface area contributed by atoms with Gasteiger partial charge < -0.3 is 9.80 Å². The third kappa shape index (κ3) is 1.67. The monoisotopic (exact) mass is 233 g/mol. The highest BCUT2D eigenvalue weighted by Crippen LogP contribution is 2.25. The van der Waals surface area contributed by atoms with Crippen LogP contribution in [0.4, 0.5) is 5.69 Å². The molecule has 5 heteroatoms. The quantitative estimate of drug-likeness (QED) is 0.733. The van der Waals surface area contributed by atoms with Gasteiger partial charge in [-0.3, -0.25) is 4.79 Å². The van der Waals surface area contributed by atoms with Crippen molar-refractivity contribution in [3.8, 4) is 0 Å². The number of hydrogen-bond donors (Lipinski definition) is 0. The minimum Gasteiger partial charge on any atom is -0.334 e. The number of carbonyl (C=O) groups excluding carboxylic acids is 1. The highest BCUT2D eigenvalue weighted by molar-refractivity contribution is 8.26. The molecule has 0 radical (unpaired) electrons. The summed E-state index contributed by atoms with van der Waals surface area (Å²) in [5.41, 5.74) is 1.15. The Balaban J connectivity index is 1.81. The topological polar surface area (TPSA) is 35.9 Å². The standard InChI is InChI=1S/C11H11N3OS/c15-10-6-13-8-14(7-12-11(13)16-10)9-4-2-1-3-5-9/h1-5H,6-8H2. The van der Waals surface area contributed by atoms with Crippen LogP contribution in [-0.2, 0) is 4.79 Å². The largest absolute Gasteiger partial charge is 0.334 e. The molecule has 2 aliphatic heterocycles. The summed E-state index contributed by atoms with van der Waals surface area (Å²) in [6.07, 6.45) is 0. The maximum absolute atomic E-state index is 11.3. The number of nitrogens with zero attached hydrogens (tertiary/aromatic N) is 3. The molecule has 3 rings (SSSR count). The molecule has 0 saturated carbocycles. The molecular formula is C11H11N3OS. The number of thioether (sulfide) groups is 1. The molecule has 0 N–H and O–H groups in total. The van der Waals surface area contributed by atoms with E-state index in [-0.39, 0.29) is 5.12 Å². The molecule has 16 heavy (non-hydrogen) atoms. The zero-order valence-electron chi connectivity index (χ0n) is 8.67. The van der Waals surface area contributed by atoms with Gasteiger partial charge in [-0.05, 0) is 23.9 Å². The molecule has 0 unspecified atom stereocenters. The molecule has 4 nitrogen and oxygen atoms in total. The first-order valence-corrected chi connectivity index (χ1v) is 5.95. The molecule has 0 atom stereocenters. The summed E-state index contributed by atoms with van der Waals surface area (Å²) in [6, 6.07) is 10.1. The van der Waals surface area contributed by atoms with Crippen LogP contribution >= 0.6 is 11.8 Å². The zero-order chi connectivity index (χ0) is 11.0. The third-order valence-corrected chi connectivity index (χ3v) is 3.56. The highest BCUT2D eigenvalue weighted by Gasteiger charge is 2.30. The van der Waals surface area contributed by atoms with E-state index in [2.05, 4.69) is 22.0 Å². The Morgan fingerprint density at radius 2 is 2.00 bits per heavy atom. The van der Waals surface area contributed by atoms with Crippen LogP contribution in [-0.4, -0.2) is 35.1 Å². The van der Waals surface area contributed by atoms with Crippen LogP contribution in [0.2, 0.25) is 0 Å². The van der Waals surface area contributed by atoms with E-state index in [0.717, 1.165) is 17.5 Å². The summed E-state index contributed by atoms with van der Waals surface area (Å²) in [6.45, 7) is 1.87. The molecule has 0 aliphatic carbocycles. The van der Waals surface area contributed by atoms with Gasteiger partial charge in [0.2, 0.25) is 5.12 Å². The molecular weight excluding hydrogens is 222 g/mol. The number of anilines is 1. The van der Waals surface area contributed by atoms with E-state index in [1.54, 1.807) is 0 Å². The van der Waals surface area contributed by atoms with Gasteiger partial charge in [-0.15, -0.1) is 0 Å². The molecule has 2 aliphatic rings. The molecule has 1 aromatic rings. The Morgan fingerprint density at radius 3 is 2.81 bits per heavy atom. The first kappa shape index (κ1) is 9.72. The van der Waals surface area contributed by atoms with E-state index in [9.17, 15) is 4.79 Å². The van der Waals surface area contributed by atoms with Crippen molar-refractivity contribution >= 4 is 27.7 Å². The molecule has 1 aromatic carbocycles. The van der Waals surface area contributed by atoms with Crippen molar-refractivity contribution in [2.45, 2.75) is 0 Å². The summed E-state index contributed by atoms with van der Waals surface area (Å²) < 4.78 is 0. The van der Waals surface area contributed by atoms with Crippen molar-refractivity contribution in [3.05, 3.63) is 30.3 Å². The lowest BCUT2D eigenvalue weighted by molar-refractivity contribution is -0.110. The fraction of sp³-hybridized carbons (Fsp3) is 0.273. The predicted molar refractivity (Wildman–Crippen MR) is 65.4 cm³/mol. The fourth-order valence-electron chi connectivity index (χ4n) is 1.86. The van der Waals surface area contributed by atoms with Crippen molar-refractivity contribution in [2.24, 2.45) is 4.99 Å².